The van der Waals surface area contributed by atoms with Crippen molar-refractivity contribution in [2.45, 2.75) is 191 Å². The summed E-state index contributed by atoms with van der Waals surface area (Å²) in [6.07, 6.45) is 10.1. The van der Waals surface area contributed by atoms with Crippen LogP contribution in [0.2, 0.25) is 0 Å². The third-order valence-corrected chi connectivity index (χ3v) is 17.8. The van der Waals surface area contributed by atoms with Gasteiger partial charge >= 0.3 is 12.2 Å². The zero-order valence-electron chi connectivity index (χ0n) is 41.9. The molecule has 3 saturated carbocycles. The van der Waals surface area contributed by atoms with Gasteiger partial charge in [0, 0.05) is 43.7 Å². The zero-order valence-corrected chi connectivity index (χ0v) is 42.7. The SMILES string of the molecule is C=C[C@H](C)C(C)(NC(=O)[C@@H]1C[C@@H]2CN1C(=O)[C@H](C1CCCCC1)NC(=O)O[C@@H]1C[C@H]1CCCCCc1c(nc3ccccc3c1OC1CCN(C(=O)OC(C)(C)C)CC1)O2)C(=O)NS(=O)(=O)C1(C)CC1. The number of nitrogens with zero attached hydrogens (tertiary/aromatic N) is 3. The highest BCUT2D eigenvalue weighted by molar-refractivity contribution is 7.91. The lowest BCUT2D eigenvalue weighted by molar-refractivity contribution is -0.143. The molecule has 5 amide bonds. The molecule has 1 aromatic carbocycles. The molecule has 0 spiro atoms. The highest BCUT2D eigenvalue weighted by atomic mass is 32.2. The second-order valence-electron chi connectivity index (χ2n) is 22.2. The van der Waals surface area contributed by atoms with Gasteiger partial charge in [-0.2, -0.15) is 0 Å². The van der Waals surface area contributed by atoms with Crippen LogP contribution in [0.1, 0.15) is 143 Å². The normalized spacial score (nSPS) is 27.1. The molecule has 4 heterocycles. The molecular formula is C52H74N6O11S. The predicted octanol–water partition coefficient (Wildman–Crippen LogP) is 7.24. The van der Waals surface area contributed by atoms with E-state index in [-0.39, 0.29) is 43.1 Å². The number of carbonyl (C=O) groups excluding carboxylic acids is 5. The molecule has 3 N–H and O–H groups in total. The summed E-state index contributed by atoms with van der Waals surface area (Å²) in [6, 6.07) is 5.51. The molecular weight excluding hydrogens is 917 g/mol. The van der Waals surface area contributed by atoms with Crippen molar-refractivity contribution in [3.63, 3.8) is 0 Å². The highest BCUT2D eigenvalue weighted by Crippen LogP contribution is 2.44. The Labute approximate surface area is 412 Å². The number of sulfonamides is 1. The third kappa shape index (κ3) is 11.5. The van der Waals surface area contributed by atoms with Gasteiger partial charge in [0.05, 0.1) is 22.4 Å². The van der Waals surface area contributed by atoms with Gasteiger partial charge in [0.25, 0.3) is 5.91 Å². The van der Waals surface area contributed by atoms with Crippen LogP contribution >= 0.6 is 0 Å². The van der Waals surface area contributed by atoms with E-state index in [1.807, 2.05) is 45.0 Å². The Morgan fingerprint density at radius 3 is 2.29 bits per heavy atom. The van der Waals surface area contributed by atoms with Crippen LogP contribution in [0.4, 0.5) is 9.59 Å². The number of likely N-dealkylation sites (tertiary alicyclic amines) is 1. The van der Waals surface area contributed by atoms with E-state index in [0.717, 1.165) is 62.3 Å². The van der Waals surface area contributed by atoms with Gasteiger partial charge in [-0.3, -0.25) is 19.1 Å². The number of pyridine rings is 1. The lowest BCUT2D eigenvalue weighted by atomic mass is 9.83. The van der Waals surface area contributed by atoms with Gasteiger partial charge in [0.2, 0.25) is 27.7 Å². The predicted molar refractivity (Wildman–Crippen MR) is 262 cm³/mol. The number of rotatable bonds is 10. The number of ether oxygens (including phenoxy) is 4. The summed E-state index contributed by atoms with van der Waals surface area (Å²) in [4.78, 5) is 79.2. The van der Waals surface area contributed by atoms with Crippen LogP contribution in [0.3, 0.4) is 0 Å². The number of fused-ring (bicyclic) bond motifs is 5. The summed E-state index contributed by atoms with van der Waals surface area (Å²) in [5.41, 5.74) is -1.00. The summed E-state index contributed by atoms with van der Waals surface area (Å²) in [5, 5.41) is 6.65. The number of piperidine rings is 1. The Balaban J connectivity index is 1.14. The molecule has 3 aliphatic heterocycles. The van der Waals surface area contributed by atoms with Crippen LogP contribution in [0.25, 0.3) is 10.9 Å². The molecule has 3 aliphatic carbocycles. The van der Waals surface area contributed by atoms with E-state index in [9.17, 15) is 27.6 Å². The number of para-hydroxylation sites is 1. The van der Waals surface area contributed by atoms with Crippen LogP contribution in [-0.2, 0) is 40.3 Å². The molecule has 1 aromatic heterocycles. The second kappa shape index (κ2) is 20.5. The van der Waals surface area contributed by atoms with Crippen LogP contribution < -0.4 is 24.8 Å². The lowest BCUT2D eigenvalue weighted by Gasteiger charge is -2.37. The van der Waals surface area contributed by atoms with E-state index in [0.29, 0.717) is 75.2 Å². The fraction of sp³-hybridized carbons (Fsp3) is 0.692. The fourth-order valence-electron chi connectivity index (χ4n) is 10.5. The summed E-state index contributed by atoms with van der Waals surface area (Å²) >= 11 is 0. The van der Waals surface area contributed by atoms with Crippen molar-refractivity contribution < 1.29 is 51.3 Å². The molecule has 8 rings (SSSR count). The number of carbonyl (C=O) groups is 5. The van der Waals surface area contributed by atoms with Crippen molar-refractivity contribution in [3.05, 3.63) is 42.5 Å². The average molecular weight is 991 g/mol. The molecule has 17 nitrogen and oxygen atoms in total. The van der Waals surface area contributed by atoms with E-state index >= 15 is 4.79 Å². The molecule has 18 heteroatoms. The van der Waals surface area contributed by atoms with Crippen LogP contribution in [-0.4, -0.2) is 119 Å². The largest absolute Gasteiger partial charge is 0.489 e. The molecule has 384 valence electrons. The quantitative estimate of drug-likeness (QED) is 0.201. The maximum absolute atomic E-state index is 15.2. The minimum Gasteiger partial charge on any atom is -0.489 e. The van der Waals surface area contributed by atoms with Crippen molar-refractivity contribution in [2.75, 3.05) is 19.6 Å². The first-order valence-electron chi connectivity index (χ1n) is 25.7. The van der Waals surface area contributed by atoms with E-state index in [1.54, 1.807) is 18.7 Å². The molecule has 2 saturated heterocycles. The van der Waals surface area contributed by atoms with Gasteiger partial charge in [-0.15, -0.1) is 6.58 Å². The Bertz CT molecular complexity index is 2420. The molecule has 1 unspecified atom stereocenters. The van der Waals surface area contributed by atoms with E-state index in [4.69, 9.17) is 23.9 Å². The number of aromatic nitrogens is 1. The smallest absolute Gasteiger partial charge is 0.410 e. The Morgan fingerprint density at radius 2 is 1.61 bits per heavy atom. The molecule has 2 aromatic rings. The van der Waals surface area contributed by atoms with E-state index in [1.165, 1.54) is 17.9 Å². The van der Waals surface area contributed by atoms with Gasteiger partial charge in [0.1, 0.15) is 47.3 Å². The molecule has 5 fully saturated rings. The average Bonchev–Trinajstić information content (AvgIpc) is 4.22. The van der Waals surface area contributed by atoms with Crippen molar-refractivity contribution in [1.29, 1.82) is 0 Å². The number of alkyl carbamates (subject to hydrolysis) is 1. The van der Waals surface area contributed by atoms with Gasteiger partial charge in [-0.25, -0.2) is 23.0 Å². The molecule has 2 bridgehead atoms. The minimum atomic E-state index is -4.08. The zero-order chi connectivity index (χ0) is 50.2. The summed E-state index contributed by atoms with van der Waals surface area (Å²) < 4.78 is 53.4. The maximum atomic E-state index is 15.2. The molecule has 6 aliphatic rings. The van der Waals surface area contributed by atoms with Gasteiger partial charge in [-0.05, 0) is 110 Å². The molecule has 7 atom stereocenters. The highest BCUT2D eigenvalue weighted by Gasteiger charge is 2.54. The Hall–Kier alpha value is -5.13. The number of hydrogen-bond donors (Lipinski definition) is 3. The van der Waals surface area contributed by atoms with Crippen molar-refractivity contribution in [2.24, 2.45) is 17.8 Å². The number of benzene rings is 1. The monoisotopic (exact) mass is 991 g/mol. The number of hydrogen-bond acceptors (Lipinski definition) is 12. The number of nitrogens with one attached hydrogen (secondary N) is 3. The lowest BCUT2D eigenvalue weighted by Crippen LogP contribution is -2.64. The van der Waals surface area contributed by atoms with Crippen molar-refractivity contribution >= 4 is 50.8 Å². The van der Waals surface area contributed by atoms with E-state index in [2.05, 4.69) is 21.9 Å². The standard InChI is InChI=1S/C52H74N6O11S/c1-8-32(2)52(7,47(61)56-70(64,65)51(6)25-26-51)55-44(59)40-30-36-31-58(40)46(60)42(33-17-11-9-12-18-33)54-48(62)68-41-29-34(41)19-13-10-14-21-38-43(37-20-15-16-22-39(37)53-45(38)67-36)66-35-23-27-57(28-24-35)49(63)69-50(3,4)5/h8,15-16,20,22,32-36,40-42H,1,9-14,17-19,21,23-31H2,2-7H3,(H,54,62)(H,55,59)(H,56,61)/t32-,34+,36+,40-,41+,42-,52?/m0/s1. The molecule has 70 heavy (non-hydrogen) atoms. The number of amides is 5. The van der Waals surface area contributed by atoms with Gasteiger partial charge in [-0.1, -0.05) is 57.2 Å². The minimum absolute atomic E-state index is 0.00698. The summed E-state index contributed by atoms with van der Waals surface area (Å²) in [5.74, 6) is -1.84. The first-order valence-corrected chi connectivity index (χ1v) is 27.2. The maximum Gasteiger partial charge on any atom is 0.410 e. The topological polar surface area (TPSA) is 212 Å². The Morgan fingerprint density at radius 1 is 0.943 bits per heavy atom. The van der Waals surface area contributed by atoms with Crippen LogP contribution in [0.15, 0.2) is 36.9 Å². The Kier molecular flexibility index (Phi) is 15.0. The summed E-state index contributed by atoms with van der Waals surface area (Å²) in [6.45, 7) is 15.0. The van der Waals surface area contributed by atoms with Gasteiger partial charge < -0.3 is 39.4 Å². The second-order valence-corrected chi connectivity index (χ2v) is 24.4. The first kappa shape index (κ1) is 51.2. The molecule has 0 radical (unpaired) electrons. The van der Waals surface area contributed by atoms with Crippen molar-refractivity contribution in [1.82, 2.24) is 30.1 Å². The van der Waals surface area contributed by atoms with Crippen LogP contribution in [0, 0.1) is 17.8 Å². The van der Waals surface area contributed by atoms with Crippen LogP contribution in [0.5, 0.6) is 11.6 Å². The van der Waals surface area contributed by atoms with E-state index < -0.39 is 73.8 Å². The fourth-order valence-corrected chi connectivity index (χ4v) is 11.8. The van der Waals surface area contributed by atoms with Crippen molar-refractivity contribution in [3.8, 4) is 11.6 Å². The summed E-state index contributed by atoms with van der Waals surface area (Å²) in [7, 11) is -4.08. The van der Waals surface area contributed by atoms with Gasteiger partial charge in [0.15, 0.2) is 0 Å². The first-order chi connectivity index (χ1) is 33.2. The third-order valence-electron chi connectivity index (χ3n) is 15.6.